The molecule has 2 aromatic heterocycles. The van der Waals surface area contributed by atoms with E-state index in [1.54, 1.807) is 27.6 Å². The molecule has 0 atom stereocenters. The first-order valence-electron chi connectivity index (χ1n) is 11.3. The molecule has 174 valence electrons. The summed E-state index contributed by atoms with van der Waals surface area (Å²) in [6, 6.07) is 7.35. The number of thioether (sulfide) groups is 1. The highest BCUT2D eigenvalue weighted by molar-refractivity contribution is 7.99. The summed E-state index contributed by atoms with van der Waals surface area (Å²) in [7, 11) is 0. The number of halogens is 1. The Balaban J connectivity index is 1.49. The van der Waals surface area contributed by atoms with Gasteiger partial charge in [0.15, 0.2) is 10.7 Å². The highest BCUT2D eigenvalue weighted by Crippen LogP contribution is 2.21. The fourth-order valence-electron chi connectivity index (χ4n) is 3.88. The zero-order valence-corrected chi connectivity index (χ0v) is 20.3. The van der Waals surface area contributed by atoms with Crippen LogP contribution in [-0.4, -0.2) is 37.5 Å². The lowest BCUT2D eigenvalue weighted by atomic mass is 9.97. The second-order valence-electron chi connectivity index (χ2n) is 8.13. The van der Waals surface area contributed by atoms with Crippen LogP contribution in [0.25, 0.3) is 11.0 Å². The predicted octanol–water partition coefficient (Wildman–Crippen LogP) is 4.41. The van der Waals surface area contributed by atoms with Crippen molar-refractivity contribution in [1.82, 2.24) is 24.6 Å². The van der Waals surface area contributed by atoms with Crippen LogP contribution in [0.4, 0.5) is 0 Å². The van der Waals surface area contributed by atoms with Crippen LogP contribution in [0.3, 0.4) is 0 Å². The summed E-state index contributed by atoms with van der Waals surface area (Å²) in [5, 5.41) is 8.51. The molecule has 0 unspecified atom stereocenters. The number of carbonyl (C=O) groups excluding carboxylic acids is 1. The highest BCUT2D eigenvalue weighted by atomic mass is 35.5. The second kappa shape index (κ2) is 11.0. The van der Waals surface area contributed by atoms with E-state index >= 15 is 0 Å². The van der Waals surface area contributed by atoms with E-state index in [0.29, 0.717) is 40.8 Å². The van der Waals surface area contributed by atoms with Crippen molar-refractivity contribution < 1.29 is 4.79 Å². The molecule has 0 saturated heterocycles. The van der Waals surface area contributed by atoms with Gasteiger partial charge in [0.25, 0.3) is 5.56 Å². The minimum atomic E-state index is -0.214. The van der Waals surface area contributed by atoms with E-state index in [4.69, 9.17) is 11.6 Å². The molecule has 4 rings (SSSR count). The number of aromatic nitrogens is 4. The van der Waals surface area contributed by atoms with Crippen LogP contribution < -0.4 is 10.9 Å². The molecule has 1 N–H and O–H groups in total. The van der Waals surface area contributed by atoms with Gasteiger partial charge in [-0.1, -0.05) is 47.1 Å². The Bertz CT molecular complexity index is 1220. The van der Waals surface area contributed by atoms with Crippen molar-refractivity contribution in [2.45, 2.75) is 57.3 Å². The predicted molar refractivity (Wildman–Crippen MR) is 133 cm³/mol. The second-order valence-corrected chi connectivity index (χ2v) is 9.51. The number of nitrogens with zero attached hydrogens (tertiary/aromatic N) is 4. The molecule has 33 heavy (non-hydrogen) atoms. The van der Waals surface area contributed by atoms with Gasteiger partial charge in [-0.3, -0.25) is 18.8 Å². The van der Waals surface area contributed by atoms with Crippen LogP contribution in [0.2, 0.25) is 5.02 Å². The van der Waals surface area contributed by atoms with Gasteiger partial charge < -0.3 is 5.32 Å². The summed E-state index contributed by atoms with van der Waals surface area (Å²) in [5.41, 5.74) is 3.02. The molecular weight excluding hydrogens is 458 g/mol. The van der Waals surface area contributed by atoms with E-state index in [9.17, 15) is 9.59 Å². The number of fused-ring (bicyclic) bond motifs is 1. The fourth-order valence-corrected chi connectivity index (χ4v) is 4.84. The van der Waals surface area contributed by atoms with Crippen LogP contribution >= 0.6 is 23.4 Å². The first-order chi connectivity index (χ1) is 16.0. The number of hydrogen-bond acceptors (Lipinski definition) is 5. The first kappa shape index (κ1) is 23.6. The van der Waals surface area contributed by atoms with Gasteiger partial charge in [-0.15, -0.1) is 0 Å². The molecule has 3 aromatic rings. The van der Waals surface area contributed by atoms with Gasteiger partial charge in [-0.2, -0.15) is 5.10 Å². The molecule has 0 radical (unpaired) electrons. The van der Waals surface area contributed by atoms with Crippen molar-refractivity contribution in [3.63, 3.8) is 0 Å². The molecule has 1 amide bonds. The van der Waals surface area contributed by atoms with Gasteiger partial charge >= 0.3 is 0 Å². The summed E-state index contributed by atoms with van der Waals surface area (Å²) in [4.78, 5) is 30.4. The lowest BCUT2D eigenvalue weighted by molar-refractivity contribution is -0.118. The Morgan fingerprint density at radius 2 is 2.06 bits per heavy atom. The molecule has 0 aliphatic heterocycles. The van der Waals surface area contributed by atoms with Crippen molar-refractivity contribution in [1.29, 1.82) is 0 Å². The summed E-state index contributed by atoms with van der Waals surface area (Å²) in [6.07, 6.45) is 9.76. The van der Waals surface area contributed by atoms with E-state index < -0.39 is 0 Å². The number of amides is 1. The Morgan fingerprint density at radius 3 is 2.79 bits per heavy atom. The molecule has 2 heterocycles. The first-order valence-corrected chi connectivity index (χ1v) is 12.7. The SMILES string of the molecule is CCn1cc2nc(SCC(=O)NCCC3=CCCCC3)n(Cc3ccc(Cl)cc3)c(=O)c2n1. The van der Waals surface area contributed by atoms with Crippen LogP contribution in [0.15, 0.2) is 52.1 Å². The molecule has 7 nitrogen and oxygen atoms in total. The normalized spacial score (nSPS) is 13.8. The number of hydrogen-bond donors (Lipinski definition) is 1. The number of nitrogens with one attached hydrogen (secondary N) is 1. The van der Waals surface area contributed by atoms with E-state index in [-0.39, 0.29) is 17.2 Å². The van der Waals surface area contributed by atoms with E-state index in [2.05, 4.69) is 21.5 Å². The third-order valence-corrected chi connectivity index (χ3v) is 6.93. The Morgan fingerprint density at radius 1 is 1.24 bits per heavy atom. The fraction of sp³-hybridized carbons (Fsp3) is 0.417. The van der Waals surface area contributed by atoms with Gasteiger partial charge in [0, 0.05) is 18.1 Å². The van der Waals surface area contributed by atoms with Gasteiger partial charge in [-0.05, 0) is 56.7 Å². The quantitative estimate of drug-likeness (QED) is 0.276. The molecule has 0 bridgehead atoms. The van der Waals surface area contributed by atoms with Crippen LogP contribution in [0.5, 0.6) is 0 Å². The molecule has 1 aliphatic carbocycles. The molecule has 1 aliphatic rings. The number of rotatable bonds is 9. The number of allylic oxidation sites excluding steroid dienone is 1. The minimum Gasteiger partial charge on any atom is -0.355 e. The van der Waals surface area contributed by atoms with Gasteiger partial charge in [0.1, 0.15) is 5.52 Å². The monoisotopic (exact) mass is 485 g/mol. The standard InChI is InChI=1S/C24H28ClN5O2S/c1-2-29-15-20-22(28-29)23(32)30(14-18-8-10-19(25)11-9-18)24(27-20)33-16-21(31)26-13-12-17-6-4-3-5-7-17/h6,8-11,15H,2-5,7,12-14,16H2,1H3,(H,26,31). The molecular formula is C24H28ClN5O2S. The maximum absolute atomic E-state index is 13.2. The molecule has 0 fully saturated rings. The highest BCUT2D eigenvalue weighted by Gasteiger charge is 2.16. The Hall–Kier alpha value is -2.58. The van der Waals surface area contributed by atoms with Crippen molar-refractivity contribution in [3.05, 3.63) is 63.1 Å². The van der Waals surface area contributed by atoms with Crippen molar-refractivity contribution in [3.8, 4) is 0 Å². The topological polar surface area (TPSA) is 81.8 Å². The molecule has 9 heteroatoms. The molecule has 0 saturated carbocycles. The summed E-state index contributed by atoms with van der Waals surface area (Å²) < 4.78 is 3.29. The third kappa shape index (κ3) is 6.06. The van der Waals surface area contributed by atoms with Crippen molar-refractivity contribution >= 4 is 40.3 Å². The average Bonchev–Trinajstić information content (AvgIpc) is 3.25. The molecule has 0 spiro atoms. The lowest BCUT2D eigenvalue weighted by Crippen LogP contribution is -2.28. The van der Waals surface area contributed by atoms with Crippen LogP contribution in [0.1, 0.15) is 44.6 Å². The maximum atomic E-state index is 13.2. The lowest BCUT2D eigenvalue weighted by Gasteiger charge is -2.13. The Kier molecular flexibility index (Phi) is 7.88. The zero-order chi connectivity index (χ0) is 23.2. The third-order valence-electron chi connectivity index (χ3n) is 5.70. The van der Waals surface area contributed by atoms with Crippen molar-refractivity contribution in [2.24, 2.45) is 0 Å². The number of carbonyl (C=O) groups is 1. The zero-order valence-electron chi connectivity index (χ0n) is 18.7. The van der Waals surface area contributed by atoms with Crippen LogP contribution in [-0.2, 0) is 17.9 Å². The number of aryl methyl sites for hydroxylation is 1. The van der Waals surface area contributed by atoms with Gasteiger partial charge in [0.05, 0.1) is 18.5 Å². The summed E-state index contributed by atoms with van der Waals surface area (Å²) in [6.45, 7) is 3.57. The minimum absolute atomic E-state index is 0.0620. The van der Waals surface area contributed by atoms with Crippen LogP contribution in [0, 0.1) is 0 Å². The number of benzene rings is 1. The van der Waals surface area contributed by atoms with Gasteiger partial charge in [0.2, 0.25) is 5.91 Å². The average molecular weight is 486 g/mol. The summed E-state index contributed by atoms with van der Waals surface area (Å²) in [5.74, 6) is 0.132. The smallest absolute Gasteiger partial charge is 0.282 e. The van der Waals surface area contributed by atoms with E-state index in [1.165, 1.54) is 30.2 Å². The largest absolute Gasteiger partial charge is 0.355 e. The molecule has 1 aromatic carbocycles. The maximum Gasteiger partial charge on any atom is 0.282 e. The van der Waals surface area contributed by atoms with E-state index in [1.807, 2.05) is 19.1 Å². The summed E-state index contributed by atoms with van der Waals surface area (Å²) >= 11 is 7.28. The Labute approximate surface area is 202 Å². The van der Waals surface area contributed by atoms with Gasteiger partial charge in [-0.25, -0.2) is 4.98 Å². The van der Waals surface area contributed by atoms with E-state index in [0.717, 1.165) is 24.8 Å². The van der Waals surface area contributed by atoms with Crippen molar-refractivity contribution in [2.75, 3.05) is 12.3 Å².